The van der Waals surface area contributed by atoms with Gasteiger partial charge in [0.25, 0.3) is 5.91 Å². The molecular formula is C28H27N5O2. The first-order valence-corrected chi connectivity index (χ1v) is 11.8. The minimum Gasteiger partial charge on any atom is -0.378 e. The van der Waals surface area contributed by atoms with Gasteiger partial charge in [0.1, 0.15) is 0 Å². The van der Waals surface area contributed by atoms with E-state index in [9.17, 15) is 10.1 Å². The summed E-state index contributed by atoms with van der Waals surface area (Å²) in [6.07, 6.45) is 1.83. The molecule has 4 aromatic rings. The number of nitrogens with one attached hydrogen (secondary N) is 1. The number of rotatable bonds is 5. The second-order valence-corrected chi connectivity index (χ2v) is 8.94. The van der Waals surface area contributed by atoms with Crippen LogP contribution in [0.5, 0.6) is 0 Å². The second kappa shape index (κ2) is 9.61. The van der Waals surface area contributed by atoms with E-state index in [0.717, 1.165) is 54.1 Å². The molecule has 1 N–H and O–H groups in total. The number of fused-ring (bicyclic) bond motifs is 1. The van der Waals surface area contributed by atoms with Gasteiger partial charge in [-0.15, -0.1) is 0 Å². The zero-order chi connectivity index (χ0) is 24.4. The van der Waals surface area contributed by atoms with Gasteiger partial charge in [-0.05, 0) is 60.0 Å². The van der Waals surface area contributed by atoms with Crippen LogP contribution < -0.4 is 10.2 Å². The van der Waals surface area contributed by atoms with Gasteiger partial charge in [-0.1, -0.05) is 26.0 Å². The molecule has 1 aliphatic rings. The predicted molar refractivity (Wildman–Crippen MR) is 137 cm³/mol. The average molecular weight is 466 g/mol. The van der Waals surface area contributed by atoms with Crippen LogP contribution in [0.1, 0.15) is 41.3 Å². The lowest BCUT2D eigenvalue weighted by Gasteiger charge is -2.29. The lowest BCUT2D eigenvalue weighted by molar-refractivity contribution is 0.102. The van der Waals surface area contributed by atoms with Crippen molar-refractivity contribution in [3.8, 4) is 11.8 Å². The summed E-state index contributed by atoms with van der Waals surface area (Å²) in [6.45, 7) is 7.17. The molecule has 7 heteroatoms. The first-order valence-electron chi connectivity index (χ1n) is 11.8. The Morgan fingerprint density at radius 3 is 2.60 bits per heavy atom. The van der Waals surface area contributed by atoms with Crippen LogP contribution >= 0.6 is 0 Å². The molecule has 5 rings (SSSR count). The number of morpholine rings is 1. The van der Waals surface area contributed by atoms with Crippen molar-refractivity contribution in [2.75, 3.05) is 36.5 Å². The molecule has 7 nitrogen and oxygen atoms in total. The summed E-state index contributed by atoms with van der Waals surface area (Å²) in [5.41, 5.74) is 5.47. The molecular weight excluding hydrogens is 438 g/mol. The predicted octanol–water partition coefficient (Wildman–Crippen LogP) is 5.11. The molecule has 2 heterocycles. The number of nitriles is 1. The van der Waals surface area contributed by atoms with Crippen molar-refractivity contribution >= 4 is 28.2 Å². The van der Waals surface area contributed by atoms with Crippen molar-refractivity contribution in [2.24, 2.45) is 0 Å². The molecule has 176 valence electrons. The Morgan fingerprint density at radius 2 is 1.83 bits per heavy atom. The van der Waals surface area contributed by atoms with Gasteiger partial charge in [0.05, 0.1) is 42.2 Å². The van der Waals surface area contributed by atoms with Crippen LogP contribution in [0.2, 0.25) is 0 Å². The first-order chi connectivity index (χ1) is 17.0. The van der Waals surface area contributed by atoms with Gasteiger partial charge in [-0.3, -0.25) is 4.79 Å². The topological polar surface area (TPSA) is 83.2 Å². The standard InChI is InChI=1S/C28H27N5O2/c1-19(2)27-20(17-29)5-3-8-25(27)28(34)31-22-10-9-21-18-30-33(26(21)15-22)24-7-4-6-23(16-24)32-11-13-35-14-12-32/h3-10,15-16,18-19H,11-14H2,1-2H3,(H,31,34). The molecule has 1 saturated heterocycles. The maximum absolute atomic E-state index is 13.2. The lowest BCUT2D eigenvalue weighted by atomic mass is 9.92. The van der Waals surface area contributed by atoms with E-state index < -0.39 is 0 Å². The first kappa shape index (κ1) is 22.6. The van der Waals surface area contributed by atoms with Gasteiger partial charge in [-0.25, -0.2) is 4.68 Å². The van der Waals surface area contributed by atoms with Crippen molar-refractivity contribution < 1.29 is 9.53 Å². The van der Waals surface area contributed by atoms with Crippen LogP contribution in [0.3, 0.4) is 0 Å². The Balaban J connectivity index is 1.46. The SMILES string of the molecule is CC(C)c1c(C#N)cccc1C(=O)Nc1ccc2cnn(-c3cccc(N4CCOCC4)c3)c2c1. The molecule has 0 spiro atoms. The summed E-state index contributed by atoms with van der Waals surface area (Å²) in [5.74, 6) is -0.181. The van der Waals surface area contributed by atoms with Gasteiger partial charge in [0, 0.05) is 35.4 Å². The number of nitrogens with zero attached hydrogens (tertiary/aromatic N) is 4. The van der Waals surface area contributed by atoms with Crippen LogP contribution in [-0.4, -0.2) is 42.0 Å². The molecule has 0 atom stereocenters. The molecule has 1 amide bonds. The highest BCUT2D eigenvalue weighted by atomic mass is 16.5. The van der Waals surface area contributed by atoms with Gasteiger partial charge in [0.2, 0.25) is 0 Å². The number of aromatic nitrogens is 2. The molecule has 0 aliphatic carbocycles. The summed E-state index contributed by atoms with van der Waals surface area (Å²) in [7, 11) is 0. The summed E-state index contributed by atoms with van der Waals surface area (Å²) in [4.78, 5) is 15.5. The number of hydrogen-bond acceptors (Lipinski definition) is 5. The van der Waals surface area contributed by atoms with Crippen LogP contribution in [0.25, 0.3) is 16.6 Å². The van der Waals surface area contributed by atoms with Crippen LogP contribution in [0.15, 0.2) is 66.9 Å². The molecule has 0 saturated carbocycles. The fourth-order valence-electron chi connectivity index (χ4n) is 4.63. The normalized spacial score (nSPS) is 13.7. The summed E-state index contributed by atoms with van der Waals surface area (Å²) >= 11 is 0. The van der Waals surface area contributed by atoms with Gasteiger partial charge in [-0.2, -0.15) is 10.4 Å². The monoisotopic (exact) mass is 465 g/mol. The Hall–Kier alpha value is -4.15. The number of carbonyl (C=O) groups is 1. The molecule has 35 heavy (non-hydrogen) atoms. The maximum Gasteiger partial charge on any atom is 0.255 e. The zero-order valence-corrected chi connectivity index (χ0v) is 19.9. The number of benzene rings is 3. The number of carbonyl (C=O) groups excluding carboxylic acids is 1. The number of hydrogen-bond donors (Lipinski definition) is 1. The van der Waals surface area contributed by atoms with Crippen molar-refractivity contribution in [3.05, 3.63) is 83.6 Å². The summed E-state index contributed by atoms with van der Waals surface area (Å²) < 4.78 is 7.38. The molecule has 0 bridgehead atoms. The highest BCUT2D eigenvalue weighted by Gasteiger charge is 2.18. The molecule has 1 aromatic heterocycles. The second-order valence-electron chi connectivity index (χ2n) is 8.94. The van der Waals surface area contributed by atoms with E-state index in [2.05, 4.69) is 33.5 Å². The Kier molecular flexibility index (Phi) is 6.21. The fourth-order valence-corrected chi connectivity index (χ4v) is 4.63. The summed E-state index contributed by atoms with van der Waals surface area (Å²) in [6, 6.07) is 21.5. The van der Waals surface area contributed by atoms with E-state index in [1.54, 1.807) is 18.2 Å². The minimum atomic E-state index is -0.231. The maximum atomic E-state index is 13.2. The van der Waals surface area contributed by atoms with Crippen LogP contribution in [0.4, 0.5) is 11.4 Å². The number of ether oxygens (including phenoxy) is 1. The van der Waals surface area contributed by atoms with E-state index in [0.29, 0.717) is 16.8 Å². The average Bonchev–Trinajstić information content (AvgIpc) is 3.32. The van der Waals surface area contributed by atoms with Gasteiger partial charge >= 0.3 is 0 Å². The van der Waals surface area contributed by atoms with E-state index in [1.165, 1.54) is 0 Å². The Morgan fingerprint density at radius 1 is 1.06 bits per heavy atom. The smallest absolute Gasteiger partial charge is 0.255 e. The third kappa shape index (κ3) is 4.48. The largest absolute Gasteiger partial charge is 0.378 e. The molecule has 0 radical (unpaired) electrons. The Labute approximate surface area is 204 Å². The summed E-state index contributed by atoms with van der Waals surface area (Å²) in [5, 5.41) is 18.1. The molecule has 1 aliphatic heterocycles. The highest BCUT2D eigenvalue weighted by Crippen LogP contribution is 2.27. The van der Waals surface area contributed by atoms with Gasteiger partial charge < -0.3 is 15.0 Å². The van der Waals surface area contributed by atoms with Crippen LogP contribution in [-0.2, 0) is 4.74 Å². The highest BCUT2D eigenvalue weighted by molar-refractivity contribution is 6.06. The van der Waals surface area contributed by atoms with Gasteiger partial charge in [0.15, 0.2) is 0 Å². The van der Waals surface area contributed by atoms with Crippen molar-refractivity contribution in [1.82, 2.24) is 9.78 Å². The third-order valence-electron chi connectivity index (χ3n) is 6.33. The lowest BCUT2D eigenvalue weighted by Crippen LogP contribution is -2.36. The number of amides is 1. The minimum absolute atomic E-state index is 0.0502. The van der Waals surface area contributed by atoms with Crippen molar-refractivity contribution in [1.29, 1.82) is 5.26 Å². The molecule has 1 fully saturated rings. The Bertz CT molecular complexity index is 1430. The number of anilines is 2. The molecule has 3 aromatic carbocycles. The van der Waals surface area contributed by atoms with E-state index in [4.69, 9.17) is 4.74 Å². The third-order valence-corrected chi connectivity index (χ3v) is 6.33. The van der Waals surface area contributed by atoms with Crippen LogP contribution in [0, 0.1) is 11.3 Å². The quantitative estimate of drug-likeness (QED) is 0.443. The van der Waals surface area contributed by atoms with E-state index in [-0.39, 0.29) is 11.8 Å². The van der Waals surface area contributed by atoms with Crippen molar-refractivity contribution in [2.45, 2.75) is 19.8 Å². The molecule has 0 unspecified atom stereocenters. The fraction of sp³-hybridized carbons (Fsp3) is 0.250. The zero-order valence-electron chi connectivity index (χ0n) is 19.9. The van der Waals surface area contributed by atoms with E-state index in [1.807, 2.05) is 55.1 Å². The van der Waals surface area contributed by atoms with E-state index >= 15 is 0 Å². The van der Waals surface area contributed by atoms with Crippen molar-refractivity contribution in [3.63, 3.8) is 0 Å².